The van der Waals surface area contributed by atoms with Gasteiger partial charge < -0.3 is 9.80 Å². The van der Waals surface area contributed by atoms with Crippen LogP contribution >= 0.6 is 0 Å². The van der Waals surface area contributed by atoms with Crippen molar-refractivity contribution in [2.45, 2.75) is 18.7 Å². The molecule has 1 fully saturated rings. The zero-order chi connectivity index (χ0) is 21.3. The summed E-state index contributed by atoms with van der Waals surface area (Å²) in [4.78, 5) is 30.2. The molecule has 9 heteroatoms. The molecule has 4 rings (SSSR count). The summed E-state index contributed by atoms with van der Waals surface area (Å²) in [7, 11) is -1.58. The zero-order valence-electron chi connectivity index (χ0n) is 17.0. The predicted octanol–water partition coefficient (Wildman–Crippen LogP) is 1.98. The van der Waals surface area contributed by atoms with Gasteiger partial charge >= 0.3 is 0 Å². The topological polar surface area (TPSA) is 105 Å². The fourth-order valence-corrected chi connectivity index (χ4v) is 3.95. The summed E-state index contributed by atoms with van der Waals surface area (Å²) >= 11 is 0. The Morgan fingerprint density at radius 1 is 1.03 bits per heavy atom. The summed E-state index contributed by atoms with van der Waals surface area (Å²) in [6, 6.07) is 7.57. The van der Waals surface area contributed by atoms with Crippen LogP contribution in [0.3, 0.4) is 0 Å². The highest BCUT2D eigenvalue weighted by Crippen LogP contribution is 2.25. The van der Waals surface area contributed by atoms with Crippen LogP contribution in [0.5, 0.6) is 0 Å². The van der Waals surface area contributed by atoms with Crippen molar-refractivity contribution in [2.75, 3.05) is 31.1 Å². The smallest absolute Gasteiger partial charge is 0.225 e. The molecule has 30 heavy (non-hydrogen) atoms. The van der Waals surface area contributed by atoms with Crippen LogP contribution in [0.15, 0.2) is 47.8 Å². The average Bonchev–Trinajstić information content (AvgIpc) is 2.78. The van der Waals surface area contributed by atoms with Crippen molar-refractivity contribution < 1.29 is 9.00 Å². The van der Waals surface area contributed by atoms with E-state index in [2.05, 4.69) is 14.9 Å². The number of nitrogens with zero attached hydrogens (tertiary/aromatic N) is 5. The summed E-state index contributed by atoms with van der Waals surface area (Å²) in [6.07, 6.45) is 4.99. The first-order valence-electron chi connectivity index (χ1n) is 9.84. The fraction of sp³-hybridized carbons (Fsp3) is 0.333. The molecule has 2 N–H and O–H groups in total. The lowest BCUT2D eigenvalue weighted by atomic mass is 10.1. The Bertz CT molecular complexity index is 1110. The first kappa shape index (κ1) is 20.4. The van der Waals surface area contributed by atoms with Crippen molar-refractivity contribution in [2.24, 2.45) is 11.1 Å². The number of anilines is 1. The molecule has 0 bridgehead atoms. The second-order valence-electron chi connectivity index (χ2n) is 7.61. The van der Waals surface area contributed by atoms with E-state index in [9.17, 15) is 9.00 Å². The molecule has 0 saturated carbocycles. The van der Waals surface area contributed by atoms with E-state index in [0.717, 1.165) is 41.1 Å². The fourth-order valence-electron chi connectivity index (χ4n) is 3.54. The van der Waals surface area contributed by atoms with Crippen LogP contribution < -0.4 is 10.0 Å². The highest BCUT2D eigenvalue weighted by molar-refractivity contribution is 7.82. The molecule has 0 spiro atoms. The monoisotopic (exact) mass is 424 g/mol. The van der Waals surface area contributed by atoms with Crippen molar-refractivity contribution in [3.63, 3.8) is 0 Å². The van der Waals surface area contributed by atoms with Crippen LogP contribution in [0.2, 0.25) is 0 Å². The minimum absolute atomic E-state index is 0.0140. The highest BCUT2D eigenvalue weighted by Gasteiger charge is 2.23. The van der Waals surface area contributed by atoms with Gasteiger partial charge in [-0.25, -0.2) is 14.3 Å². The third kappa shape index (κ3) is 4.17. The maximum Gasteiger partial charge on any atom is 0.225 e. The average molecular weight is 425 g/mol. The number of piperazine rings is 1. The van der Waals surface area contributed by atoms with Crippen LogP contribution in [0, 0.1) is 5.92 Å². The van der Waals surface area contributed by atoms with E-state index in [4.69, 9.17) is 10.1 Å². The van der Waals surface area contributed by atoms with Crippen LogP contribution in [-0.4, -0.2) is 56.1 Å². The molecule has 0 radical (unpaired) electrons. The van der Waals surface area contributed by atoms with Gasteiger partial charge in [-0.05, 0) is 23.8 Å². The summed E-state index contributed by atoms with van der Waals surface area (Å²) in [5.41, 5.74) is 3.29. The van der Waals surface area contributed by atoms with Gasteiger partial charge in [-0.3, -0.25) is 14.8 Å². The molecule has 1 aliphatic rings. The maximum atomic E-state index is 12.2. The Morgan fingerprint density at radius 3 is 2.50 bits per heavy atom. The Balaban J connectivity index is 1.58. The second kappa shape index (κ2) is 8.45. The summed E-state index contributed by atoms with van der Waals surface area (Å²) < 4.78 is 11.6. The summed E-state index contributed by atoms with van der Waals surface area (Å²) in [6.45, 7) is 6.69. The number of hydrogen-bond donors (Lipinski definition) is 1. The molecule has 2 aromatic heterocycles. The molecule has 3 heterocycles. The van der Waals surface area contributed by atoms with Crippen LogP contribution in [0.1, 0.15) is 13.8 Å². The number of aromatic nitrogens is 3. The van der Waals surface area contributed by atoms with Gasteiger partial charge in [0.1, 0.15) is 16.8 Å². The van der Waals surface area contributed by atoms with E-state index >= 15 is 0 Å². The van der Waals surface area contributed by atoms with Gasteiger partial charge in [-0.1, -0.05) is 19.9 Å². The number of rotatable bonds is 4. The highest BCUT2D eigenvalue weighted by atomic mass is 32.2. The molecule has 1 amide bonds. The largest absolute Gasteiger partial charge is 0.352 e. The third-order valence-electron chi connectivity index (χ3n) is 5.22. The number of amides is 1. The Hall–Kier alpha value is -2.91. The standard InChI is InChI=1S/C21H24N6O2S/c1-14(2)21(28)27-7-5-26(6-8-27)20-13-24-18-4-3-15(10-19(18)25-20)16-9-17(30(22)29)12-23-11-16/h3-4,9-14H,5-8,22H2,1-2H3. The maximum absolute atomic E-state index is 12.2. The van der Waals surface area contributed by atoms with Gasteiger partial charge in [0.25, 0.3) is 0 Å². The number of nitrogens with two attached hydrogens (primary N) is 1. The van der Waals surface area contributed by atoms with Crippen molar-refractivity contribution >= 4 is 33.7 Å². The number of pyridine rings is 1. The Morgan fingerprint density at radius 2 is 1.80 bits per heavy atom. The number of benzene rings is 1. The van der Waals surface area contributed by atoms with Gasteiger partial charge in [-0.15, -0.1) is 0 Å². The van der Waals surface area contributed by atoms with E-state index in [1.165, 1.54) is 6.20 Å². The number of carbonyl (C=O) groups is 1. The van der Waals surface area contributed by atoms with E-state index in [1.807, 2.05) is 36.9 Å². The Kier molecular flexibility index (Phi) is 5.74. The first-order chi connectivity index (χ1) is 14.4. The molecular weight excluding hydrogens is 400 g/mol. The first-order valence-corrected chi connectivity index (χ1v) is 11.1. The SMILES string of the molecule is CC(C)C(=O)N1CCN(c2cnc3ccc(-c4cncc(S(N)=O)c4)cc3n2)CC1. The molecular formula is C21H24N6O2S. The number of fused-ring (bicyclic) bond motifs is 1. The Labute approximate surface area is 177 Å². The molecule has 1 aromatic carbocycles. The molecule has 0 aliphatic carbocycles. The minimum atomic E-state index is -1.58. The molecule has 8 nitrogen and oxygen atoms in total. The van der Waals surface area contributed by atoms with Gasteiger partial charge in [0.05, 0.1) is 22.1 Å². The van der Waals surface area contributed by atoms with E-state index in [-0.39, 0.29) is 11.8 Å². The lowest BCUT2D eigenvalue weighted by Crippen LogP contribution is -2.50. The molecule has 1 aliphatic heterocycles. The second-order valence-corrected chi connectivity index (χ2v) is 8.67. The normalized spacial score (nSPS) is 15.6. The quantitative estimate of drug-likeness (QED) is 0.687. The molecule has 1 unspecified atom stereocenters. The van der Waals surface area contributed by atoms with Crippen molar-refractivity contribution in [1.82, 2.24) is 19.9 Å². The van der Waals surface area contributed by atoms with Crippen LogP contribution in [0.4, 0.5) is 5.82 Å². The molecule has 3 aromatic rings. The number of carbonyl (C=O) groups excluding carboxylic acids is 1. The molecule has 156 valence electrons. The minimum Gasteiger partial charge on any atom is -0.352 e. The van der Waals surface area contributed by atoms with Crippen molar-refractivity contribution in [1.29, 1.82) is 0 Å². The van der Waals surface area contributed by atoms with Gasteiger partial charge in [0.15, 0.2) is 0 Å². The predicted molar refractivity (Wildman–Crippen MR) is 117 cm³/mol. The van der Waals surface area contributed by atoms with E-state index in [1.54, 1.807) is 18.5 Å². The lowest BCUT2D eigenvalue weighted by Gasteiger charge is -2.36. The van der Waals surface area contributed by atoms with Crippen LogP contribution in [0.25, 0.3) is 22.2 Å². The van der Waals surface area contributed by atoms with Crippen molar-refractivity contribution in [3.05, 3.63) is 42.9 Å². The van der Waals surface area contributed by atoms with E-state index in [0.29, 0.717) is 18.0 Å². The van der Waals surface area contributed by atoms with E-state index < -0.39 is 11.0 Å². The third-order valence-corrected chi connectivity index (χ3v) is 5.91. The molecule has 1 atom stereocenters. The zero-order valence-corrected chi connectivity index (χ0v) is 17.8. The van der Waals surface area contributed by atoms with Crippen LogP contribution in [-0.2, 0) is 15.8 Å². The van der Waals surface area contributed by atoms with Gasteiger partial charge in [0, 0.05) is 50.1 Å². The summed E-state index contributed by atoms with van der Waals surface area (Å²) in [5, 5.41) is 5.48. The number of hydrogen-bond acceptors (Lipinski definition) is 6. The summed E-state index contributed by atoms with van der Waals surface area (Å²) in [5.74, 6) is 1.00. The lowest BCUT2D eigenvalue weighted by molar-refractivity contribution is -0.134. The molecule has 1 saturated heterocycles. The van der Waals surface area contributed by atoms with Gasteiger partial charge in [0.2, 0.25) is 5.91 Å². The van der Waals surface area contributed by atoms with Gasteiger partial charge in [-0.2, -0.15) is 0 Å². The van der Waals surface area contributed by atoms with Crippen molar-refractivity contribution in [3.8, 4) is 11.1 Å².